The van der Waals surface area contributed by atoms with Crippen LogP contribution in [0.3, 0.4) is 0 Å². The Balaban J connectivity index is 2.07. The predicted octanol–water partition coefficient (Wildman–Crippen LogP) is 3.12. The summed E-state index contributed by atoms with van der Waals surface area (Å²) in [6.07, 6.45) is 3.90. The van der Waals surface area contributed by atoms with Gasteiger partial charge in [-0.15, -0.1) is 0 Å². The molecule has 1 saturated heterocycles. The lowest BCUT2D eigenvalue weighted by Gasteiger charge is -2.38. The number of hydrogen-bond acceptors (Lipinski definition) is 3. The van der Waals surface area contributed by atoms with Gasteiger partial charge in [-0.05, 0) is 45.4 Å². The molecule has 0 bridgehead atoms. The van der Waals surface area contributed by atoms with E-state index in [0.29, 0.717) is 6.04 Å². The number of anilines is 1. The number of para-hydroxylation sites is 1. The fourth-order valence-electron chi connectivity index (χ4n) is 3.29. The van der Waals surface area contributed by atoms with Gasteiger partial charge in [0, 0.05) is 35.9 Å². The Morgan fingerprint density at radius 3 is 3.00 bits per heavy atom. The van der Waals surface area contributed by atoms with E-state index in [0.717, 1.165) is 24.3 Å². The number of piperidine rings is 1. The number of rotatable bonds is 3. The summed E-state index contributed by atoms with van der Waals surface area (Å²) < 4.78 is 0. The number of fused-ring (bicyclic) bond motifs is 1. The molecule has 1 aromatic heterocycles. The lowest BCUT2D eigenvalue weighted by molar-refractivity contribution is 0.447. The van der Waals surface area contributed by atoms with Crippen molar-refractivity contribution >= 4 is 16.6 Å². The minimum atomic E-state index is 0.596. The Morgan fingerprint density at radius 1 is 1.30 bits per heavy atom. The summed E-state index contributed by atoms with van der Waals surface area (Å²) in [6.45, 7) is 4.29. The molecule has 3 heteroatoms. The molecule has 2 aromatic rings. The minimum absolute atomic E-state index is 0.596. The van der Waals surface area contributed by atoms with Crippen molar-refractivity contribution in [3.05, 3.63) is 36.0 Å². The number of aryl methyl sites for hydroxylation is 1. The number of benzene rings is 1. The van der Waals surface area contributed by atoms with Crippen LogP contribution in [-0.4, -0.2) is 31.2 Å². The predicted molar refractivity (Wildman–Crippen MR) is 85.4 cm³/mol. The monoisotopic (exact) mass is 269 g/mol. The molecule has 1 unspecified atom stereocenters. The molecule has 0 amide bonds. The van der Waals surface area contributed by atoms with Crippen molar-refractivity contribution in [2.75, 3.05) is 25.0 Å². The Labute approximate surface area is 121 Å². The number of likely N-dealkylation sites (N-methyl/N-ethyl adjacent to an activating group) is 1. The summed E-state index contributed by atoms with van der Waals surface area (Å²) in [6, 6.07) is 11.3. The fraction of sp³-hybridized carbons (Fsp3) is 0.471. The highest BCUT2D eigenvalue weighted by molar-refractivity contribution is 5.92. The third-order valence-electron chi connectivity index (χ3n) is 4.20. The average Bonchev–Trinajstić information content (AvgIpc) is 2.47. The van der Waals surface area contributed by atoms with Crippen LogP contribution in [0.4, 0.5) is 5.69 Å². The summed E-state index contributed by atoms with van der Waals surface area (Å²) in [5, 5.41) is 4.62. The zero-order valence-corrected chi connectivity index (χ0v) is 12.4. The molecule has 1 aromatic carbocycles. The Hall–Kier alpha value is -1.61. The van der Waals surface area contributed by atoms with Gasteiger partial charge in [0.15, 0.2) is 0 Å². The van der Waals surface area contributed by atoms with Gasteiger partial charge < -0.3 is 10.2 Å². The van der Waals surface area contributed by atoms with Gasteiger partial charge in [0.25, 0.3) is 0 Å². The Morgan fingerprint density at radius 2 is 2.15 bits per heavy atom. The van der Waals surface area contributed by atoms with Crippen LogP contribution in [0.1, 0.15) is 25.0 Å². The fourth-order valence-corrected chi connectivity index (χ4v) is 3.29. The van der Waals surface area contributed by atoms with Crippen LogP contribution in [0, 0.1) is 6.92 Å². The maximum Gasteiger partial charge on any atom is 0.0726 e. The van der Waals surface area contributed by atoms with Gasteiger partial charge in [-0.2, -0.15) is 0 Å². The SMILES string of the molecule is CNCC1CCCCN1c1cc(C)nc2ccccc12. The van der Waals surface area contributed by atoms with E-state index in [4.69, 9.17) is 0 Å². The second-order valence-electron chi connectivity index (χ2n) is 5.70. The van der Waals surface area contributed by atoms with Crippen molar-refractivity contribution < 1.29 is 0 Å². The van der Waals surface area contributed by atoms with Crippen LogP contribution in [0.2, 0.25) is 0 Å². The highest BCUT2D eigenvalue weighted by atomic mass is 15.2. The normalized spacial score (nSPS) is 19.5. The molecule has 0 saturated carbocycles. The average molecular weight is 269 g/mol. The summed E-state index contributed by atoms with van der Waals surface area (Å²) in [5.41, 5.74) is 3.57. The molecule has 3 nitrogen and oxygen atoms in total. The lowest BCUT2D eigenvalue weighted by atomic mass is 10.00. The van der Waals surface area contributed by atoms with E-state index in [1.165, 1.54) is 30.3 Å². The van der Waals surface area contributed by atoms with Gasteiger partial charge >= 0.3 is 0 Å². The van der Waals surface area contributed by atoms with Crippen LogP contribution < -0.4 is 10.2 Å². The molecule has 1 atom stereocenters. The van der Waals surface area contributed by atoms with E-state index in [2.05, 4.69) is 52.5 Å². The number of nitrogens with zero attached hydrogens (tertiary/aromatic N) is 2. The topological polar surface area (TPSA) is 28.2 Å². The van der Waals surface area contributed by atoms with Crippen molar-refractivity contribution in [2.24, 2.45) is 0 Å². The van der Waals surface area contributed by atoms with Gasteiger partial charge in [0.05, 0.1) is 5.52 Å². The number of hydrogen-bond donors (Lipinski definition) is 1. The minimum Gasteiger partial charge on any atom is -0.367 e. The van der Waals surface area contributed by atoms with Crippen molar-refractivity contribution in [1.29, 1.82) is 0 Å². The van der Waals surface area contributed by atoms with Crippen LogP contribution in [0.5, 0.6) is 0 Å². The zero-order chi connectivity index (χ0) is 13.9. The lowest BCUT2D eigenvalue weighted by Crippen LogP contribution is -2.45. The van der Waals surface area contributed by atoms with E-state index in [1.807, 2.05) is 7.05 Å². The van der Waals surface area contributed by atoms with Gasteiger partial charge in [-0.1, -0.05) is 18.2 Å². The second kappa shape index (κ2) is 5.80. The molecule has 1 N–H and O–H groups in total. The highest BCUT2D eigenvalue weighted by Gasteiger charge is 2.23. The molecule has 106 valence electrons. The quantitative estimate of drug-likeness (QED) is 0.928. The summed E-state index contributed by atoms with van der Waals surface area (Å²) in [7, 11) is 2.04. The summed E-state index contributed by atoms with van der Waals surface area (Å²) >= 11 is 0. The molecule has 1 aliphatic heterocycles. The first-order chi connectivity index (χ1) is 9.79. The maximum absolute atomic E-state index is 4.66. The largest absolute Gasteiger partial charge is 0.367 e. The summed E-state index contributed by atoms with van der Waals surface area (Å²) in [5.74, 6) is 0. The van der Waals surface area contributed by atoms with E-state index in [1.54, 1.807) is 0 Å². The highest BCUT2D eigenvalue weighted by Crippen LogP contribution is 2.31. The molecule has 0 spiro atoms. The smallest absolute Gasteiger partial charge is 0.0726 e. The molecule has 2 heterocycles. The van der Waals surface area contributed by atoms with Gasteiger partial charge in [-0.25, -0.2) is 0 Å². The molecular formula is C17H23N3. The Kier molecular flexibility index (Phi) is 3.88. The third-order valence-corrected chi connectivity index (χ3v) is 4.20. The van der Waals surface area contributed by atoms with E-state index in [9.17, 15) is 0 Å². The van der Waals surface area contributed by atoms with Crippen LogP contribution >= 0.6 is 0 Å². The first kappa shape index (κ1) is 13.4. The van der Waals surface area contributed by atoms with Crippen molar-refractivity contribution in [2.45, 2.75) is 32.2 Å². The van der Waals surface area contributed by atoms with Crippen LogP contribution in [0.15, 0.2) is 30.3 Å². The van der Waals surface area contributed by atoms with E-state index in [-0.39, 0.29) is 0 Å². The Bertz CT molecular complexity index is 592. The number of nitrogens with one attached hydrogen (secondary N) is 1. The maximum atomic E-state index is 4.66. The zero-order valence-electron chi connectivity index (χ0n) is 12.4. The number of aromatic nitrogens is 1. The molecule has 0 radical (unpaired) electrons. The molecular weight excluding hydrogens is 246 g/mol. The molecule has 0 aliphatic carbocycles. The van der Waals surface area contributed by atoms with Gasteiger partial charge in [-0.3, -0.25) is 4.98 Å². The van der Waals surface area contributed by atoms with Crippen molar-refractivity contribution in [1.82, 2.24) is 10.3 Å². The van der Waals surface area contributed by atoms with Gasteiger partial charge in [0.1, 0.15) is 0 Å². The van der Waals surface area contributed by atoms with E-state index >= 15 is 0 Å². The van der Waals surface area contributed by atoms with Crippen LogP contribution in [0.25, 0.3) is 10.9 Å². The molecule has 1 aliphatic rings. The molecule has 20 heavy (non-hydrogen) atoms. The van der Waals surface area contributed by atoms with Crippen molar-refractivity contribution in [3.63, 3.8) is 0 Å². The second-order valence-corrected chi connectivity index (χ2v) is 5.70. The number of pyridine rings is 1. The third kappa shape index (κ3) is 2.50. The van der Waals surface area contributed by atoms with Gasteiger partial charge in [0.2, 0.25) is 0 Å². The van der Waals surface area contributed by atoms with Crippen molar-refractivity contribution in [3.8, 4) is 0 Å². The molecule has 3 rings (SSSR count). The first-order valence-corrected chi connectivity index (χ1v) is 7.57. The van der Waals surface area contributed by atoms with E-state index < -0.39 is 0 Å². The first-order valence-electron chi connectivity index (χ1n) is 7.57. The molecule has 1 fully saturated rings. The summed E-state index contributed by atoms with van der Waals surface area (Å²) in [4.78, 5) is 7.24. The van der Waals surface area contributed by atoms with Crippen LogP contribution in [-0.2, 0) is 0 Å². The standard InChI is InChI=1S/C17H23N3/c1-13-11-17(15-8-3-4-9-16(15)19-13)20-10-6-5-7-14(20)12-18-2/h3-4,8-9,11,14,18H,5-7,10,12H2,1-2H3.